The lowest BCUT2D eigenvalue weighted by molar-refractivity contribution is 0.669. The molecule has 0 saturated heterocycles. The molecule has 0 bridgehead atoms. The molecule has 0 fully saturated rings. The number of furan rings is 2. The molecule has 11 rings (SSSR count). The van der Waals surface area contributed by atoms with Gasteiger partial charge in [0.1, 0.15) is 22.3 Å². The van der Waals surface area contributed by atoms with Gasteiger partial charge in [0.2, 0.25) is 0 Å². The topological polar surface area (TPSA) is 39.2 Å². The Morgan fingerprint density at radius 3 is 1.69 bits per heavy atom. The second-order valence-corrected chi connectivity index (χ2v) is 13.5. The Hall–Kier alpha value is -6.97. The molecule has 52 heavy (non-hydrogen) atoms. The molecule has 242 valence electrons. The highest BCUT2D eigenvalue weighted by Gasteiger charge is 2.21. The third-order valence-corrected chi connectivity index (χ3v) is 10.5. The van der Waals surface area contributed by atoms with Crippen molar-refractivity contribution in [3.63, 3.8) is 0 Å². The average Bonchev–Trinajstić information content (AvgIpc) is 3.78. The van der Waals surface area contributed by atoms with Crippen molar-refractivity contribution in [2.75, 3.05) is 0 Å². The normalized spacial score (nSPS) is 11.8. The van der Waals surface area contributed by atoms with E-state index in [0.29, 0.717) is 0 Å². The van der Waals surface area contributed by atoms with Gasteiger partial charge in [-0.1, -0.05) is 133 Å². The van der Waals surface area contributed by atoms with Gasteiger partial charge in [0.25, 0.3) is 0 Å². The molecule has 3 aromatic heterocycles. The van der Waals surface area contributed by atoms with E-state index in [-0.39, 0.29) is 0 Å². The first-order valence-corrected chi connectivity index (χ1v) is 17.6. The van der Waals surface area contributed by atoms with Crippen molar-refractivity contribution in [1.82, 2.24) is 4.98 Å². The van der Waals surface area contributed by atoms with Crippen LogP contribution in [0.15, 0.2) is 185 Å². The molecule has 0 saturated carbocycles. The van der Waals surface area contributed by atoms with E-state index in [9.17, 15) is 0 Å². The summed E-state index contributed by atoms with van der Waals surface area (Å²) in [4.78, 5) is 5.35. The number of fused-ring (bicyclic) bond motifs is 9. The van der Waals surface area contributed by atoms with Crippen LogP contribution in [-0.4, -0.2) is 4.98 Å². The summed E-state index contributed by atoms with van der Waals surface area (Å²) < 4.78 is 12.8. The van der Waals surface area contributed by atoms with Gasteiger partial charge >= 0.3 is 0 Å². The van der Waals surface area contributed by atoms with E-state index in [1.807, 2.05) is 18.2 Å². The average molecular weight is 664 g/mol. The van der Waals surface area contributed by atoms with Crippen molar-refractivity contribution >= 4 is 65.6 Å². The van der Waals surface area contributed by atoms with E-state index in [1.54, 1.807) is 0 Å². The van der Waals surface area contributed by atoms with Crippen molar-refractivity contribution in [1.29, 1.82) is 0 Å². The molecule has 3 heterocycles. The van der Waals surface area contributed by atoms with Crippen molar-refractivity contribution < 1.29 is 8.83 Å². The molecule has 11 aromatic rings. The number of aromatic nitrogens is 1. The molecule has 8 aromatic carbocycles. The van der Waals surface area contributed by atoms with Crippen molar-refractivity contribution in [2.45, 2.75) is 0 Å². The fourth-order valence-electron chi connectivity index (χ4n) is 8.04. The predicted octanol–water partition coefficient (Wildman–Crippen LogP) is 13.9. The molecule has 0 aliphatic heterocycles. The summed E-state index contributed by atoms with van der Waals surface area (Å²) in [5, 5.41) is 7.90. The zero-order chi connectivity index (χ0) is 34.2. The van der Waals surface area contributed by atoms with Gasteiger partial charge in [-0.3, -0.25) is 0 Å². The Morgan fingerprint density at radius 2 is 0.885 bits per heavy atom. The van der Waals surface area contributed by atoms with E-state index < -0.39 is 0 Å². The van der Waals surface area contributed by atoms with E-state index in [1.165, 1.54) is 10.9 Å². The predicted molar refractivity (Wildman–Crippen MR) is 216 cm³/mol. The Morgan fingerprint density at radius 1 is 0.308 bits per heavy atom. The zero-order valence-electron chi connectivity index (χ0n) is 28.0. The monoisotopic (exact) mass is 663 g/mol. The van der Waals surface area contributed by atoms with Crippen molar-refractivity contribution in [3.8, 4) is 44.6 Å². The quantitative estimate of drug-likeness (QED) is 0.176. The molecular weight excluding hydrogens is 635 g/mol. The molecule has 0 atom stereocenters. The number of rotatable bonds is 4. The number of pyridine rings is 1. The third kappa shape index (κ3) is 4.43. The Balaban J connectivity index is 1.08. The molecular formula is C49H29NO2. The van der Waals surface area contributed by atoms with Gasteiger partial charge in [-0.2, -0.15) is 0 Å². The number of nitrogens with zero attached hydrogens (tertiary/aromatic N) is 1. The van der Waals surface area contributed by atoms with E-state index >= 15 is 0 Å². The van der Waals surface area contributed by atoms with E-state index in [0.717, 1.165) is 99.2 Å². The number of benzene rings is 8. The van der Waals surface area contributed by atoms with Crippen LogP contribution in [0.5, 0.6) is 0 Å². The molecule has 0 aliphatic carbocycles. The summed E-state index contributed by atoms with van der Waals surface area (Å²) in [6.45, 7) is 0. The zero-order valence-corrected chi connectivity index (χ0v) is 28.0. The highest BCUT2D eigenvalue weighted by molar-refractivity contribution is 6.27. The second kappa shape index (κ2) is 11.3. The van der Waals surface area contributed by atoms with Gasteiger partial charge in [-0.15, -0.1) is 0 Å². The van der Waals surface area contributed by atoms with E-state index in [2.05, 4.69) is 158 Å². The van der Waals surface area contributed by atoms with Crippen LogP contribution in [0.1, 0.15) is 0 Å². The first-order valence-electron chi connectivity index (χ1n) is 17.6. The van der Waals surface area contributed by atoms with Gasteiger partial charge in [-0.05, 0) is 70.3 Å². The van der Waals surface area contributed by atoms with Crippen LogP contribution in [0.25, 0.3) is 110 Å². The third-order valence-electron chi connectivity index (χ3n) is 10.5. The number of para-hydroxylation sites is 3. The van der Waals surface area contributed by atoms with Gasteiger partial charge in [-0.25, -0.2) is 4.98 Å². The fraction of sp³-hybridized carbons (Fsp3) is 0. The molecule has 0 unspecified atom stereocenters. The molecule has 3 heteroatoms. The summed E-state index contributed by atoms with van der Waals surface area (Å²) in [6.07, 6.45) is 0. The minimum absolute atomic E-state index is 0.860. The highest BCUT2D eigenvalue weighted by atomic mass is 16.3. The summed E-state index contributed by atoms with van der Waals surface area (Å²) in [6, 6.07) is 61.9. The number of hydrogen-bond acceptors (Lipinski definition) is 3. The smallest absolute Gasteiger partial charge is 0.136 e. The summed E-state index contributed by atoms with van der Waals surface area (Å²) in [5.41, 5.74) is 13.4. The Labute approximate surface area is 299 Å². The van der Waals surface area contributed by atoms with E-state index in [4.69, 9.17) is 13.8 Å². The maximum absolute atomic E-state index is 6.57. The summed E-state index contributed by atoms with van der Waals surface area (Å²) in [5.74, 6) is 0. The Kier molecular flexibility index (Phi) is 6.25. The molecule has 0 spiro atoms. The van der Waals surface area contributed by atoms with Crippen LogP contribution in [0.3, 0.4) is 0 Å². The lowest BCUT2D eigenvalue weighted by Crippen LogP contribution is -1.93. The van der Waals surface area contributed by atoms with Gasteiger partial charge < -0.3 is 8.83 Å². The van der Waals surface area contributed by atoms with Crippen LogP contribution in [0, 0.1) is 0 Å². The molecule has 0 N–H and O–H groups in total. The molecule has 0 aliphatic rings. The van der Waals surface area contributed by atoms with Gasteiger partial charge in [0.15, 0.2) is 0 Å². The van der Waals surface area contributed by atoms with Crippen LogP contribution in [-0.2, 0) is 0 Å². The van der Waals surface area contributed by atoms with Crippen molar-refractivity contribution in [3.05, 3.63) is 176 Å². The van der Waals surface area contributed by atoms with Gasteiger partial charge in [0.05, 0.1) is 11.2 Å². The first kappa shape index (κ1) is 28.8. The highest BCUT2D eigenvalue weighted by Crippen LogP contribution is 2.46. The van der Waals surface area contributed by atoms with Gasteiger partial charge in [0, 0.05) is 48.8 Å². The van der Waals surface area contributed by atoms with Crippen LogP contribution < -0.4 is 0 Å². The molecule has 0 amide bonds. The lowest BCUT2D eigenvalue weighted by Gasteiger charge is -2.16. The fourth-order valence-corrected chi connectivity index (χ4v) is 8.04. The minimum Gasteiger partial charge on any atom is -0.456 e. The summed E-state index contributed by atoms with van der Waals surface area (Å²) in [7, 11) is 0. The standard InChI is InChI=1S/C49H29NO2/c1-2-11-32(12-3-1)46-47-38-16-4-7-18-41(38)50-49(40(47)29-45-48(46)39-17-6-9-20-43(39)52-45)35-14-10-13-33(27-35)30-21-23-31(24-22-30)34-25-26-37-36-15-5-8-19-42(36)51-44(37)28-34/h1-29H. The maximum Gasteiger partial charge on any atom is 0.136 e. The van der Waals surface area contributed by atoms with Crippen LogP contribution in [0.4, 0.5) is 0 Å². The SMILES string of the molecule is c1ccc(-c2c3c(cc4c(-c5cccc(-c6ccc(-c7ccc8c(c7)oc7ccccc78)cc6)c5)nc5ccccc5c24)oc2ccccc23)cc1. The van der Waals surface area contributed by atoms with Crippen LogP contribution in [0.2, 0.25) is 0 Å². The van der Waals surface area contributed by atoms with Crippen molar-refractivity contribution in [2.24, 2.45) is 0 Å². The molecule has 3 nitrogen and oxygen atoms in total. The summed E-state index contributed by atoms with van der Waals surface area (Å²) >= 11 is 0. The maximum atomic E-state index is 6.57. The lowest BCUT2D eigenvalue weighted by atomic mass is 9.89. The first-order chi connectivity index (χ1) is 25.8. The van der Waals surface area contributed by atoms with Crippen LogP contribution >= 0.6 is 0 Å². The largest absolute Gasteiger partial charge is 0.456 e. The Bertz CT molecular complexity index is 3170. The second-order valence-electron chi connectivity index (χ2n) is 13.5. The minimum atomic E-state index is 0.860. The molecule has 0 radical (unpaired) electrons. The number of hydrogen-bond donors (Lipinski definition) is 0.